The average Bonchev–Trinajstić information content (AvgIpc) is 3.07. The molecule has 2 heterocycles. The molecule has 0 atom stereocenters. The monoisotopic (exact) mass is 400 g/mol. The zero-order valence-corrected chi connectivity index (χ0v) is 14.3. The molecule has 0 saturated heterocycles. The Kier molecular flexibility index (Phi) is 4.17. The van der Waals surface area contributed by atoms with Crippen molar-refractivity contribution in [1.29, 1.82) is 0 Å². The number of hydrogen-bond donors (Lipinski definition) is 0. The maximum Gasteiger partial charge on any atom is 0.153 e. The van der Waals surface area contributed by atoms with Crippen LogP contribution in [0.2, 0.25) is 10.0 Å². The van der Waals surface area contributed by atoms with Crippen LogP contribution in [0.25, 0.3) is 16.3 Å². The first-order valence-electron chi connectivity index (χ1n) is 5.84. The first-order valence-corrected chi connectivity index (χ1v) is 8.26. The SMILES string of the molecule is O=Cc1cn(-c2ccc(Cl)c(Cl)c2)nc1-c1sccc1Br. The van der Waals surface area contributed by atoms with E-state index in [-0.39, 0.29) is 0 Å². The van der Waals surface area contributed by atoms with E-state index in [4.69, 9.17) is 23.2 Å². The quantitative estimate of drug-likeness (QED) is 0.544. The molecular weight excluding hydrogens is 395 g/mol. The van der Waals surface area contributed by atoms with Crippen molar-refractivity contribution in [2.45, 2.75) is 0 Å². The van der Waals surface area contributed by atoms with Crippen LogP contribution < -0.4 is 0 Å². The second-order valence-electron chi connectivity index (χ2n) is 4.19. The molecule has 0 fully saturated rings. The molecule has 0 bridgehead atoms. The van der Waals surface area contributed by atoms with Gasteiger partial charge in [0, 0.05) is 10.7 Å². The molecule has 0 amide bonds. The summed E-state index contributed by atoms with van der Waals surface area (Å²) in [5, 5.41) is 7.34. The van der Waals surface area contributed by atoms with Gasteiger partial charge in [0.25, 0.3) is 0 Å². The molecule has 3 nitrogen and oxygen atoms in total. The van der Waals surface area contributed by atoms with E-state index < -0.39 is 0 Å². The Labute approximate surface area is 143 Å². The van der Waals surface area contributed by atoms with E-state index >= 15 is 0 Å². The summed E-state index contributed by atoms with van der Waals surface area (Å²) in [6.07, 6.45) is 2.47. The highest BCUT2D eigenvalue weighted by Gasteiger charge is 2.15. The molecule has 3 rings (SSSR count). The number of aldehydes is 1. The van der Waals surface area contributed by atoms with Gasteiger partial charge in [0.1, 0.15) is 5.69 Å². The van der Waals surface area contributed by atoms with Crippen molar-refractivity contribution in [3.8, 4) is 16.3 Å². The zero-order valence-electron chi connectivity index (χ0n) is 10.4. The normalized spacial score (nSPS) is 10.8. The number of benzene rings is 1. The van der Waals surface area contributed by atoms with E-state index in [1.807, 2.05) is 11.4 Å². The summed E-state index contributed by atoms with van der Waals surface area (Å²) in [6, 6.07) is 7.12. The highest BCUT2D eigenvalue weighted by Crippen LogP contribution is 2.34. The third-order valence-corrected chi connectivity index (χ3v) is 5.45. The van der Waals surface area contributed by atoms with Crippen LogP contribution >= 0.6 is 50.5 Å². The van der Waals surface area contributed by atoms with E-state index in [0.717, 1.165) is 21.3 Å². The van der Waals surface area contributed by atoms with Gasteiger partial charge >= 0.3 is 0 Å². The van der Waals surface area contributed by atoms with Gasteiger partial charge in [-0.3, -0.25) is 4.79 Å². The van der Waals surface area contributed by atoms with Gasteiger partial charge in [0.05, 0.1) is 26.2 Å². The maximum absolute atomic E-state index is 11.3. The molecule has 0 radical (unpaired) electrons. The molecule has 0 aliphatic carbocycles. The van der Waals surface area contributed by atoms with Crippen LogP contribution in [-0.4, -0.2) is 16.1 Å². The summed E-state index contributed by atoms with van der Waals surface area (Å²) in [5.41, 5.74) is 1.90. The lowest BCUT2D eigenvalue weighted by Crippen LogP contribution is -1.94. The zero-order chi connectivity index (χ0) is 15.0. The number of carbonyl (C=O) groups excluding carboxylic acids is 1. The summed E-state index contributed by atoms with van der Waals surface area (Å²) in [5.74, 6) is 0. The van der Waals surface area contributed by atoms with E-state index in [9.17, 15) is 4.79 Å². The molecule has 2 aromatic heterocycles. The van der Waals surface area contributed by atoms with Gasteiger partial charge in [0.2, 0.25) is 0 Å². The summed E-state index contributed by atoms with van der Waals surface area (Å²) >= 11 is 16.9. The standard InChI is InChI=1S/C14H7BrCl2N2OS/c15-10-3-4-21-14(10)13-8(7-20)6-19(18-13)9-1-2-11(16)12(17)5-9/h1-7H. The largest absolute Gasteiger partial charge is 0.298 e. The Morgan fingerprint density at radius 1 is 1.24 bits per heavy atom. The summed E-state index contributed by atoms with van der Waals surface area (Å²) in [7, 11) is 0. The van der Waals surface area contributed by atoms with Crippen LogP contribution in [0.4, 0.5) is 0 Å². The third-order valence-electron chi connectivity index (χ3n) is 2.87. The number of carbonyl (C=O) groups is 1. The molecule has 0 spiro atoms. The number of halogens is 3. The van der Waals surface area contributed by atoms with Gasteiger partial charge in [-0.1, -0.05) is 23.2 Å². The highest BCUT2D eigenvalue weighted by molar-refractivity contribution is 9.10. The van der Waals surface area contributed by atoms with Gasteiger partial charge in [-0.2, -0.15) is 5.10 Å². The second-order valence-corrected chi connectivity index (χ2v) is 6.78. The number of aromatic nitrogens is 2. The van der Waals surface area contributed by atoms with Crippen molar-refractivity contribution in [3.63, 3.8) is 0 Å². The summed E-state index contributed by atoms with van der Waals surface area (Å²) in [6.45, 7) is 0. The van der Waals surface area contributed by atoms with Crippen LogP contribution in [0, 0.1) is 0 Å². The van der Waals surface area contributed by atoms with Gasteiger partial charge in [-0.15, -0.1) is 11.3 Å². The maximum atomic E-state index is 11.3. The predicted molar refractivity (Wildman–Crippen MR) is 90.0 cm³/mol. The van der Waals surface area contributed by atoms with E-state index in [2.05, 4.69) is 21.0 Å². The van der Waals surface area contributed by atoms with Crippen LogP contribution in [0.1, 0.15) is 10.4 Å². The Bertz CT molecular complexity index is 828. The van der Waals surface area contributed by atoms with Crippen molar-refractivity contribution in [1.82, 2.24) is 9.78 Å². The first kappa shape index (κ1) is 14.8. The van der Waals surface area contributed by atoms with Gasteiger partial charge < -0.3 is 0 Å². The fraction of sp³-hybridized carbons (Fsp3) is 0. The Hall–Kier alpha value is -1.14. The van der Waals surface area contributed by atoms with E-state index in [1.165, 1.54) is 11.3 Å². The van der Waals surface area contributed by atoms with Gasteiger partial charge in [-0.05, 0) is 45.6 Å². The van der Waals surface area contributed by atoms with E-state index in [0.29, 0.717) is 21.3 Å². The van der Waals surface area contributed by atoms with Crippen LogP contribution in [0.15, 0.2) is 40.3 Å². The molecule has 3 aromatic rings. The molecule has 1 aromatic carbocycles. The third kappa shape index (κ3) is 2.79. The predicted octanol–water partition coefficient (Wildman–Crippen LogP) is 5.48. The Balaban J connectivity index is 2.13. The molecule has 106 valence electrons. The molecule has 0 saturated carbocycles. The smallest absolute Gasteiger partial charge is 0.153 e. The van der Waals surface area contributed by atoms with Gasteiger partial charge in [-0.25, -0.2) is 4.68 Å². The number of nitrogens with zero attached hydrogens (tertiary/aromatic N) is 2. The Morgan fingerprint density at radius 2 is 2.05 bits per heavy atom. The van der Waals surface area contributed by atoms with Crippen molar-refractivity contribution in [2.24, 2.45) is 0 Å². The minimum atomic E-state index is 0.441. The van der Waals surface area contributed by atoms with Crippen molar-refractivity contribution >= 4 is 56.8 Å². The van der Waals surface area contributed by atoms with Crippen LogP contribution in [-0.2, 0) is 0 Å². The number of hydrogen-bond acceptors (Lipinski definition) is 3. The molecule has 0 unspecified atom stereocenters. The molecule has 0 N–H and O–H groups in total. The van der Waals surface area contributed by atoms with Gasteiger partial charge in [0.15, 0.2) is 6.29 Å². The molecule has 21 heavy (non-hydrogen) atoms. The molecule has 0 aliphatic heterocycles. The van der Waals surface area contributed by atoms with Crippen molar-refractivity contribution in [2.75, 3.05) is 0 Å². The Morgan fingerprint density at radius 3 is 2.67 bits per heavy atom. The molecular formula is C14H7BrCl2N2OS. The second kappa shape index (κ2) is 5.93. The summed E-state index contributed by atoms with van der Waals surface area (Å²) < 4.78 is 2.53. The lowest BCUT2D eigenvalue weighted by molar-refractivity contribution is 0.112. The minimum absolute atomic E-state index is 0.441. The van der Waals surface area contributed by atoms with Crippen LogP contribution in [0.3, 0.4) is 0 Å². The fourth-order valence-corrected chi connectivity index (χ4v) is 3.73. The molecule has 0 aliphatic rings. The fourth-order valence-electron chi connectivity index (χ4n) is 1.87. The summed E-state index contributed by atoms with van der Waals surface area (Å²) in [4.78, 5) is 12.2. The van der Waals surface area contributed by atoms with Crippen molar-refractivity contribution in [3.05, 3.63) is 55.9 Å². The van der Waals surface area contributed by atoms with Crippen LogP contribution in [0.5, 0.6) is 0 Å². The lowest BCUT2D eigenvalue weighted by atomic mass is 10.2. The molecule has 7 heteroatoms. The van der Waals surface area contributed by atoms with E-state index in [1.54, 1.807) is 29.1 Å². The topological polar surface area (TPSA) is 34.9 Å². The first-order chi connectivity index (χ1) is 10.1. The van der Waals surface area contributed by atoms with Crippen molar-refractivity contribution < 1.29 is 4.79 Å². The average molecular weight is 402 g/mol. The lowest BCUT2D eigenvalue weighted by Gasteiger charge is -2.02. The number of thiophene rings is 1. The highest BCUT2D eigenvalue weighted by atomic mass is 79.9. The minimum Gasteiger partial charge on any atom is -0.298 e. The number of rotatable bonds is 3.